The fourth-order valence-corrected chi connectivity index (χ4v) is 5.82. The maximum absolute atomic E-state index is 13.0. The highest BCUT2D eigenvalue weighted by Crippen LogP contribution is 2.40. The van der Waals surface area contributed by atoms with Gasteiger partial charge >= 0.3 is 5.97 Å². The van der Waals surface area contributed by atoms with Gasteiger partial charge in [0.15, 0.2) is 16.5 Å². The molecule has 0 bridgehead atoms. The molecule has 3 aromatic heterocycles. The normalized spacial score (nSPS) is 20.1. The second kappa shape index (κ2) is 9.07. The van der Waals surface area contributed by atoms with Crippen molar-refractivity contribution in [2.75, 3.05) is 18.1 Å². The second-order valence-electron chi connectivity index (χ2n) is 7.59. The molecular formula is C20H20N8O5S2. The molecule has 1 saturated heterocycles. The summed E-state index contributed by atoms with van der Waals surface area (Å²) in [5.74, 6) is -2.00. The van der Waals surface area contributed by atoms with Crippen LogP contribution in [0.1, 0.15) is 12.6 Å². The monoisotopic (exact) mass is 516 g/mol. The quantitative estimate of drug-likeness (QED) is 0.217. The summed E-state index contributed by atoms with van der Waals surface area (Å²) in [7, 11) is 0. The number of carbonyl (C=O) groups is 3. The van der Waals surface area contributed by atoms with Gasteiger partial charge in [-0.2, -0.15) is 0 Å². The third-order valence-corrected chi connectivity index (χ3v) is 7.49. The first kappa shape index (κ1) is 22.9. The van der Waals surface area contributed by atoms with Crippen LogP contribution in [-0.2, 0) is 25.8 Å². The van der Waals surface area contributed by atoms with E-state index in [2.05, 4.69) is 20.4 Å². The van der Waals surface area contributed by atoms with Gasteiger partial charge in [-0.1, -0.05) is 5.16 Å². The summed E-state index contributed by atoms with van der Waals surface area (Å²) in [4.78, 5) is 52.7. The number of nitrogens with one attached hydrogen (secondary N) is 1. The van der Waals surface area contributed by atoms with E-state index >= 15 is 0 Å². The Morgan fingerprint density at radius 2 is 2.23 bits per heavy atom. The number of aromatic nitrogens is 4. The average Bonchev–Trinajstić information content (AvgIpc) is 3.56. The highest BCUT2D eigenvalue weighted by molar-refractivity contribution is 8.00. The summed E-state index contributed by atoms with van der Waals surface area (Å²) < 4.78 is 3.62. The van der Waals surface area contributed by atoms with Gasteiger partial charge in [-0.3, -0.25) is 19.2 Å². The Balaban J connectivity index is 1.36. The molecule has 0 unspecified atom stereocenters. The standard InChI is InChI=1S/C20H20N8O5S2/c1-2-33-25-13(11-9-35-20(21)23-11)16(29)24-14-17(30)28-15(19(31)32)10(8-34-18(14)28)7-26-5-3-12-22-4-6-27(12)26/h3-6,9,14,18H,2,7-8H2,1H3,(H2,21,23)(H,24,29)(H,31,32)/t14-,18+/m1/s1. The molecule has 4 N–H and O–H groups in total. The molecule has 13 nitrogen and oxygen atoms in total. The maximum atomic E-state index is 13.0. The molecule has 5 rings (SSSR count). The number of aliphatic carboxylic acids is 1. The van der Waals surface area contributed by atoms with Crippen LogP contribution < -0.4 is 11.1 Å². The fraction of sp³-hybridized carbons (Fsp3) is 0.300. The van der Waals surface area contributed by atoms with Crippen LogP contribution >= 0.6 is 23.1 Å². The molecule has 0 aromatic carbocycles. The van der Waals surface area contributed by atoms with E-state index in [4.69, 9.17) is 10.6 Å². The lowest BCUT2D eigenvalue weighted by atomic mass is 10.0. The first-order valence-electron chi connectivity index (χ1n) is 10.5. The Labute approximate surface area is 206 Å². The van der Waals surface area contributed by atoms with E-state index in [1.807, 2.05) is 10.7 Å². The highest BCUT2D eigenvalue weighted by atomic mass is 32.2. The van der Waals surface area contributed by atoms with E-state index in [0.717, 1.165) is 17.0 Å². The minimum atomic E-state index is -1.20. The molecule has 0 spiro atoms. The lowest BCUT2D eigenvalue weighted by Crippen LogP contribution is -2.71. The van der Waals surface area contributed by atoms with Crippen LogP contribution in [0.4, 0.5) is 5.13 Å². The molecule has 182 valence electrons. The number of carboxylic acid groups (broad SMARTS) is 1. The van der Waals surface area contributed by atoms with Crippen molar-refractivity contribution in [3.05, 3.63) is 47.0 Å². The van der Waals surface area contributed by atoms with Crippen LogP contribution in [0.2, 0.25) is 0 Å². The van der Waals surface area contributed by atoms with Gasteiger partial charge in [-0.25, -0.2) is 19.3 Å². The zero-order chi connectivity index (χ0) is 24.7. The summed E-state index contributed by atoms with van der Waals surface area (Å²) in [5.41, 5.74) is 7.03. The number of nitrogens with zero attached hydrogens (tertiary/aromatic N) is 6. The summed E-state index contributed by atoms with van der Waals surface area (Å²) >= 11 is 2.52. The van der Waals surface area contributed by atoms with Crippen molar-refractivity contribution in [2.24, 2.45) is 5.16 Å². The lowest BCUT2D eigenvalue weighted by molar-refractivity contribution is -0.150. The Morgan fingerprint density at radius 1 is 1.40 bits per heavy atom. The van der Waals surface area contributed by atoms with Crippen molar-refractivity contribution < 1.29 is 24.3 Å². The highest BCUT2D eigenvalue weighted by Gasteiger charge is 2.54. The van der Waals surface area contributed by atoms with Crippen molar-refractivity contribution >= 4 is 57.4 Å². The van der Waals surface area contributed by atoms with E-state index in [1.165, 1.54) is 16.7 Å². The summed E-state index contributed by atoms with van der Waals surface area (Å²) in [6.45, 7) is 2.22. The van der Waals surface area contributed by atoms with Crippen LogP contribution in [0.5, 0.6) is 0 Å². The van der Waals surface area contributed by atoms with Crippen molar-refractivity contribution in [3.63, 3.8) is 0 Å². The minimum absolute atomic E-state index is 0.0679. The topological polar surface area (TPSA) is 169 Å². The van der Waals surface area contributed by atoms with Crippen LogP contribution in [0, 0.1) is 0 Å². The van der Waals surface area contributed by atoms with E-state index in [9.17, 15) is 19.5 Å². The smallest absolute Gasteiger partial charge is 0.352 e. The van der Waals surface area contributed by atoms with Crippen molar-refractivity contribution in [1.29, 1.82) is 0 Å². The van der Waals surface area contributed by atoms with Gasteiger partial charge in [0.1, 0.15) is 29.4 Å². The molecular weight excluding hydrogens is 496 g/mol. The molecule has 2 amide bonds. The molecule has 15 heteroatoms. The third-order valence-electron chi connectivity index (χ3n) is 5.48. The van der Waals surface area contributed by atoms with Gasteiger partial charge < -0.3 is 21.0 Å². The van der Waals surface area contributed by atoms with Crippen LogP contribution in [0.3, 0.4) is 0 Å². The SMILES string of the molecule is CCON=C(C(=O)N[C@@H]1C(=O)N2C(C(=O)O)=C(Cn3ccc4nccn43)CS[C@@H]12)c1csc(N)n1. The Bertz CT molecular complexity index is 1390. The second-order valence-corrected chi connectivity index (χ2v) is 9.58. The molecule has 3 aromatic rings. The molecule has 5 heterocycles. The molecule has 35 heavy (non-hydrogen) atoms. The van der Waals surface area contributed by atoms with Crippen LogP contribution in [-0.4, -0.2) is 76.4 Å². The third kappa shape index (κ3) is 4.01. The number of nitrogen functional groups attached to an aromatic ring is 1. The number of carbonyl (C=O) groups excluding carboxylic acids is 2. The number of thioether (sulfide) groups is 1. The number of β-lactam (4-membered cyclic amide) rings is 1. The first-order chi connectivity index (χ1) is 16.9. The molecule has 0 radical (unpaired) electrons. The lowest BCUT2D eigenvalue weighted by Gasteiger charge is -2.49. The van der Waals surface area contributed by atoms with Gasteiger partial charge in [0, 0.05) is 35.8 Å². The van der Waals surface area contributed by atoms with Gasteiger partial charge in [-0.05, 0) is 12.5 Å². The number of carboxylic acids is 1. The van der Waals surface area contributed by atoms with Crippen molar-refractivity contribution in [1.82, 2.24) is 29.4 Å². The number of amides is 2. The zero-order valence-electron chi connectivity index (χ0n) is 18.3. The summed E-state index contributed by atoms with van der Waals surface area (Å²) in [6.07, 6.45) is 5.23. The molecule has 0 aliphatic carbocycles. The van der Waals surface area contributed by atoms with Gasteiger partial charge in [0.05, 0.1) is 6.54 Å². The average molecular weight is 517 g/mol. The van der Waals surface area contributed by atoms with Crippen LogP contribution in [0.15, 0.2) is 46.5 Å². The van der Waals surface area contributed by atoms with Gasteiger partial charge in [-0.15, -0.1) is 23.1 Å². The number of anilines is 1. The van der Waals surface area contributed by atoms with E-state index in [-0.39, 0.29) is 35.4 Å². The maximum Gasteiger partial charge on any atom is 0.352 e. The van der Waals surface area contributed by atoms with Crippen molar-refractivity contribution in [2.45, 2.75) is 24.9 Å². The first-order valence-corrected chi connectivity index (χ1v) is 12.4. The summed E-state index contributed by atoms with van der Waals surface area (Å²) in [5, 5.41) is 17.7. The van der Waals surface area contributed by atoms with E-state index in [1.54, 1.807) is 35.4 Å². The summed E-state index contributed by atoms with van der Waals surface area (Å²) in [6, 6.07) is 0.899. The Hall–Kier alpha value is -3.85. The molecule has 2 aliphatic heterocycles. The predicted molar refractivity (Wildman–Crippen MR) is 128 cm³/mol. The number of rotatable bonds is 8. The van der Waals surface area contributed by atoms with E-state index < -0.39 is 29.2 Å². The molecule has 0 saturated carbocycles. The number of thiazole rings is 1. The van der Waals surface area contributed by atoms with Gasteiger partial charge in [0.2, 0.25) is 0 Å². The molecule has 1 fully saturated rings. The minimum Gasteiger partial charge on any atom is -0.477 e. The largest absolute Gasteiger partial charge is 0.477 e. The number of imidazole rings is 1. The van der Waals surface area contributed by atoms with E-state index in [0.29, 0.717) is 11.3 Å². The zero-order valence-corrected chi connectivity index (χ0v) is 20.0. The van der Waals surface area contributed by atoms with Gasteiger partial charge in [0.25, 0.3) is 11.8 Å². The number of oxime groups is 1. The number of nitrogens with two attached hydrogens (primary N) is 1. The predicted octanol–water partition coefficient (Wildman–Crippen LogP) is 0.354. The Morgan fingerprint density at radius 3 is 2.94 bits per heavy atom. The number of fused-ring (bicyclic) bond motifs is 2. The number of hydrogen-bond acceptors (Lipinski definition) is 10. The molecule has 2 aliphatic rings. The molecule has 2 atom stereocenters. The fourth-order valence-electron chi connectivity index (χ4n) is 3.94. The van der Waals surface area contributed by atoms with Crippen molar-refractivity contribution in [3.8, 4) is 0 Å². The number of hydrogen-bond donors (Lipinski definition) is 3. The van der Waals surface area contributed by atoms with Crippen LogP contribution in [0.25, 0.3) is 5.65 Å². The Kier molecular flexibility index (Phi) is 5.94.